The number of rotatable bonds is 11. The van der Waals surface area contributed by atoms with Gasteiger partial charge in [-0.3, -0.25) is 0 Å². The van der Waals surface area contributed by atoms with E-state index in [0.717, 1.165) is 41.1 Å². The number of fused-ring (bicyclic) bond motifs is 1. The van der Waals surface area contributed by atoms with Gasteiger partial charge in [0.05, 0.1) is 11.0 Å². The maximum Gasteiger partial charge on any atom is 0.148 e. The number of ether oxygens (including phenoxy) is 1. The fraction of sp³-hybridized carbons (Fsp3) is 0.594. The van der Waals surface area contributed by atoms with Gasteiger partial charge in [-0.05, 0) is 113 Å². The molecule has 0 amide bonds. The molecule has 0 aliphatic carbocycles. The first-order valence-corrected chi connectivity index (χ1v) is 15.2. The van der Waals surface area contributed by atoms with Gasteiger partial charge in [0.15, 0.2) is 0 Å². The summed E-state index contributed by atoms with van der Waals surface area (Å²) in [7, 11) is 0. The highest BCUT2D eigenvalue weighted by atomic mass is 35.5. The molecular weight excluding hydrogens is 492 g/mol. The van der Waals surface area contributed by atoms with E-state index in [4.69, 9.17) is 21.3 Å². The highest BCUT2D eigenvalue weighted by Crippen LogP contribution is 2.25. The average molecular weight is 537 g/mol. The lowest BCUT2D eigenvalue weighted by molar-refractivity contribution is 0.103. The van der Waals surface area contributed by atoms with Gasteiger partial charge in [-0.25, -0.2) is 4.98 Å². The van der Waals surface area contributed by atoms with Crippen LogP contribution in [0.15, 0.2) is 42.5 Å². The van der Waals surface area contributed by atoms with E-state index >= 15 is 0 Å². The van der Waals surface area contributed by atoms with Crippen molar-refractivity contribution in [3.63, 3.8) is 0 Å². The van der Waals surface area contributed by atoms with Crippen molar-refractivity contribution in [2.24, 2.45) is 5.92 Å². The Morgan fingerprint density at radius 1 is 0.974 bits per heavy atom. The molecule has 6 heteroatoms. The standard InChI is InChI=1S/C32H45ClN4O/c1-25(23-36-20-7-4-10-28(36)17-21-35-18-5-3-6-19-35)16-22-37-30-11-8-9-26(2)32(30)34-31(37)24-38-29-14-12-27(33)13-15-29/h8-9,11-15,25,28H,3-7,10,16-24H2,1-2H3/t25-,28?/m0/s1. The lowest BCUT2D eigenvalue weighted by atomic mass is 9.96. The van der Waals surface area contributed by atoms with Crippen LogP contribution in [0.1, 0.15) is 69.7 Å². The van der Waals surface area contributed by atoms with Crippen LogP contribution in [0.2, 0.25) is 5.02 Å². The van der Waals surface area contributed by atoms with Crippen molar-refractivity contribution in [1.82, 2.24) is 19.4 Å². The minimum Gasteiger partial charge on any atom is -0.486 e. The minimum atomic E-state index is 0.453. The summed E-state index contributed by atoms with van der Waals surface area (Å²) >= 11 is 6.05. The maximum atomic E-state index is 6.12. The topological polar surface area (TPSA) is 33.5 Å². The molecule has 1 unspecified atom stereocenters. The molecule has 2 aliphatic heterocycles. The van der Waals surface area contributed by atoms with Gasteiger partial charge in [0, 0.05) is 24.2 Å². The van der Waals surface area contributed by atoms with Crippen LogP contribution in [0.3, 0.4) is 0 Å². The second kappa shape index (κ2) is 13.3. The van der Waals surface area contributed by atoms with E-state index in [2.05, 4.69) is 46.4 Å². The SMILES string of the molecule is Cc1cccc2c1nc(COc1ccc(Cl)cc1)n2CC[C@H](C)CN1CCCCC1CCN1CCCCC1. The minimum absolute atomic E-state index is 0.453. The summed E-state index contributed by atoms with van der Waals surface area (Å²) in [6.07, 6.45) is 10.8. The van der Waals surface area contributed by atoms with E-state index in [-0.39, 0.29) is 0 Å². The van der Waals surface area contributed by atoms with Gasteiger partial charge in [-0.2, -0.15) is 0 Å². The van der Waals surface area contributed by atoms with E-state index in [1.165, 1.54) is 88.7 Å². The Morgan fingerprint density at radius 3 is 2.58 bits per heavy atom. The normalized spacial score (nSPS) is 20.1. The third-order valence-electron chi connectivity index (χ3n) is 8.61. The number of halogens is 1. The first-order chi connectivity index (χ1) is 18.6. The molecule has 2 aliphatic rings. The fourth-order valence-electron chi connectivity index (χ4n) is 6.36. The molecule has 5 rings (SSSR count). The molecule has 2 fully saturated rings. The molecule has 0 N–H and O–H groups in total. The molecule has 38 heavy (non-hydrogen) atoms. The molecule has 5 nitrogen and oxygen atoms in total. The van der Waals surface area contributed by atoms with Crippen LogP contribution in [0.5, 0.6) is 5.75 Å². The summed E-state index contributed by atoms with van der Waals surface area (Å²) in [6.45, 7) is 12.4. The molecule has 3 aromatic rings. The van der Waals surface area contributed by atoms with Crippen LogP contribution < -0.4 is 4.74 Å². The van der Waals surface area contributed by atoms with E-state index < -0.39 is 0 Å². The number of hydrogen-bond acceptors (Lipinski definition) is 4. The van der Waals surface area contributed by atoms with E-state index in [1.807, 2.05) is 24.3 Å². The molecule has 1 aromatic heterocycles. The van der Waals surface area contributed by atoms with Gasteiger partial charge >= 0.3 is 0 Å². The molecular formula is C32H45ClN4O. The maximum absolute atomic E-state index is 6.12. The molecule has 2 aromatic carbocycles. The first kappa shape index (κ1) is 27.5. The number of imidazole rings is 1. The Labute approximate surface area is 234 Å². The molecule has 0 bridgehead atoms. The van der Waals surface area contributed by atoms with Crippen molar-refractivity contribution in [3.05, 3.63) is 58.9 Å². The summed E-state index contributed by atoms with van der Waals surface area (Å²) in [5.74, 6) is 2.45. The predicted molar refractivity (Wildman–Crippen MR) is 158 cm³/mol. The molecule has 3 heterocycles. The molecule has 2 atom stereocenters. The molecule has 206 valence electrons. The van der Waals surface area contributed by atoms with E-state index in [1.54, 1.807) is 0 Å². The van der Waals surface area contributed by atoms with Gasteiger partial charge in [0.25, 0.3) is 0 Å². The van der Waals surface area contributed by atoms with Gasteiger partial charge in [-0.15, -0.1) is 0 Å². The molecule has 0 saturated carbocycles. The van der Waals surface area contributed by atoms with Crippen molar-refractivity contribution in [2.45, 2.75) is 84.4 Å². The van der Waals surface area contributed by atoms with Gasteiger partial charge in [-0.1, -0.05) is 43.5 Å². The second-order valence-electron chi connectivity index (χ2n) is 11.6. The van der Waals surface area contributed by atoms with Crippen molar-refractivity contribution in [1.29, 1.82) is 0 Å². The summed E-state index contributed by atoms with van der Waals surface area (Å²) in [6, 6.07) is 14.8. The van der Waals surface area contributed by atoms with Crippen LogP contribution >= 0.6 is 11.6 Å². The lowest BCUT2D eigenvalue weighted by Gasteiger charge is -2.39. The summed E-state index contributed by atoms with van der Waals surface area (Å²) in [5.41, 5.74) is 3.51. The number of benzene rings is 2. The van der Waals surface area contributed by atoms with Gasteiger partial charge in [0.1, 0.15) is 18.2 Å². The zero-order valence-corrected chi connectivity index (χ0v) is 24.1. The third-order valence-corrected chi connectivity index (χ3v) is 8.86. The largest absolute Gasteiger partial charge is 0.486 e. The summed E-state index contributed by atoms with van der Waals surface area (Å²) in [4.78, 5) is 10.5. The average Bonchev–Trinajstić information content (AvgIpc) is 3.30. The van der Waals surface area contributed by atoms with Crippen LogP contribution in [0.4, 0.5) is 0 Å². The summed E-state index contributed by atoms with van der Waals surface area (Å²) < 4.78 is 8.51. The van der Waals surface area contributed by atoms with Gasteiger partial charge in [0.2, 0.25) is 0 Å². The third kappa shape index (κ3) is 7.11. The van der Waals surface area contributed by atoms with E-state index in [9.17, 15) is 0 Å². The summed E-state index contributed by atoms with van der Waals surface area (Å²) in [5, 5.41) is 0.719. The van der Waals surface area contributed by atoms with Crippen LogP contribution in [0.25, 0.3) is 11.0 Å². The second-order valence-corrected chi connectivity index (χ2v) is 12.0. The number of para-hydroxylation sites is 1. The van der Waals surface area contributed by atoms with Crippen molar-refractivity contribution < 1.29 is 4.74 Å². The predicted octanol–water partition coefficient (Wildman–Crippen LogP) is 7.33. The fourth-order valence-corrected chi connectivity index (χ4v) is 6.48. The lowest BCUT2D eigenvalue weighted by Crippen LogP contribution is -2.44. The Balaban J connectivity index is 1.21. The quantitative estimate of drug-likeness (QED) is 0.257. The number of likely N-dealkylation sites (tertiary alicyclic amines) is 2. The van der Waals surface area contributed by atoms with Crippen LogP contribution in [0, 0.1) is 12.8 Å². The Hall–Kier alpha value is -2.08. The number of piperidine rings is 2. The Bertz CT molecular complexity index is 1150. The number of aromatic nitrogens is 2. The molecule has 0 spiro atoms. The Kier molecular flexibility index (Phi) is 9.63. The zero-order chi connectivity index (χ0) is 26.3. The Morgan fingerprint density at radius 2 is 1.76 bits per heavy atom. The van der Waals surface area contributed by atoms with Crippen molar-refractivity contribution >= 4 is 22.6 Å². The highest BCUT2D eigenvalue weighted by molar-refractivity contribution is 6.30. The van der Waals surface area contributed by atoms with Crippen LogP contribution in [-0.4, -0.2) is 58.1 Å². The molecule has 2 saturated heterocycles. The number of nitrogens with zero attached hydrogens (tertiary/aromatic N) is 4. The first-order valence-electron chi connectivity index (χ1n) is 14.9. The zero-order valence-electron chi connectivity index (χ0n) is 23.4. The van der Waals surface area contributed by atoms with Gasteiger partial charge < -0.3 is 19.1 Å². The van der Waals surface area contributed by atoms with Crippen LogP contribution in [-0.2, 0) is 13.2 Å². The highest BCUT2D eigenvalue weighted by Gasteiger charge is 2.25. The van der Waals surface area contributed by atoms with E-state index in [0.29, 0.717) is 12.5 Å². The smallest absolute Gasteiger partial charge is 0.148 e. The monoisotopic (exact) mass is 536 g/mol. The number of aryl methyl sites for hydroxylation is 2. The van der Waals surface area contributed by atoms with Crippen molar-refractivity contribution in [3.8, 4) is 5.75 Å². The number of hydrogen-bond donors (Lipinski definition) is 0. The molecule has 0 radical (unpaired) electrons. The van der Waals surface area contributed by atoms with Crippen molar-refractivity contribution in [2.75, 3.05) is 32.7 Å².